The fourth-order valence-electron chi connectivity index (χ4n) is 1.18. The first-order chi connectivity index (χ1) is 9.65. The maximum absolute atomic E-state index is 8.34. The van der Waals surface area contributed by atoms with Crippen molar-refractivity contribution in [1.82, 2.24) is 9.97 Å². The summed E-state index contributed by atoms with van der Waals surface area (Å²) >= 11 is 0. The fraction of sp³-hybridized carbons (Fsp3) is 0.286. The summed E-state index contributed by atoms with van der Waals surface area (Å²) in [7, 11) is 0. The molecule has 0 aromatic carbocycles. The van der Waals surface area contributed by atoms with E-state index in [4.69, 9.17) is 21.1 Å². The maximum atomic E-state index is 8.34. The van der Waals surface area contributed by atoms with Crippen LogP contribution in [0.3, 0.4) is 0 Å². The molecule has 0 spiro atoms. The Morgan fingerprint density at radius 2 is 1.19 bits per heavy atom. The van der Waals surface area contributed by atoms with Gasteiger partial charge in [0.2, 0.25) is 0 Å². The van der Waals surface area contributed by atoms with Crippen LogP contribution in [-0.2, 0) is 19.5 Å². The summed E-state index contributed by atoms with van der Waals surface area (Å²) in [5, 5.41) is 25.0. The van der Waals surface area contributed by atoms with Gasteiger partial charge >= 0.3 is 0 Å². The van der Waals surface area contributed by atoms with Crippen molar-refractivity contribution in [2.45, 2.75) is 5.54 Å². The minimum absolute atomic E-state index is 0. The topological polar surface area (TPSA) is 112 Å². The molecule has 0 aliphatic rings. The van der Waals surface area contributed by atoms with Gasteiger partial charge < -0.3 is 21.1 Å². The summed E-state index contributed by atoms with van der Waals surface area (Å²) in [6.45, 7) is -1.21. The van der Waals surface area contributed by atoms with Gasteiger partial charge in [-0.2, -0.15) is 0 Å². The number of aliphatic hydroxyl groups excluding tert-OH is 3. The van der Waals surface area contributed by atoms with Crippen molar-refractivity contribution in [2.75, 3.05) is 19.8 Å². The molecule has 0 saturated carbocycles. The molecule has 5 N–H and O–H groups in total. The van der Waals surface area contributed by atoms with E-state index < -0.39 is 25.4 Å². The van der Waals surface area contributed by atoms with Gasteiger partial charge in [-0.1, -0.05) is 12.1 Å². The molecular weight excluding hydrogens is 359 g/mol. The third-order valence-corrected chi connectivity index (χ3v) is 2.54. The zero-order valence-corrected chi connectivity index (χ0v) is 13.1. The van der Waals surface area contributed by atoms with Crippen molar-refractivity contribution < 1.29 is 34.8 Å². The van der Waals surface area contributed by atoms with Crippen molar-refractivity contribution in [3.8, 4) is 11.4 Å². The summed E-state index contributed by atoms with van der Waals surface area (Å²) in [5.74, 6) is 0. The first-order valence-corrected chi connectivity index (χ1v) is 6.09. The van der Waals surface area contributed by atoms with Crippen LogP contribution in [0.2, 0.25) is 0 Å². The van der Waals surface area contributed by atoms with Crippen LogP contribution in [0, 0.1) is 0 Å². The summed E-state index contributed by atoms with van der Waals surface area (Å²) in [4.78, 5) is 8.37. The quantitative estimate of drug-likeness (QED) is 0.549. The number of aliphatic hydroxyl groups is 3. The van der Waals surface area contributed by atoms with Gasteiger partial charge in [0.1, 0.15) is 0 Å². The molecule has 2 aromatic rings. The Morgan fingerprint density at radius 1 is 0.810 bits per heavy atom. The second-order valence-electron chi connectivity index (χ2n) is 4.27. The van der Waals surface area contributed by atoms with Crippen LogP contribution in [0.5, 0.6) is 0 Å². The van der Waals surface area contributed by atoms with Crippen LogP contribution in [-0.4, -0.2) is 50.6 Å². The van der Waals surface area contributed by atoms with Gasteiger partial charge in [0.05, 0.1) is 36.7 Å². The minimum atomic E-state index is -1.21. The molecule has 0 amide bonds. The van der Waals surface area contributed by atoms with Gasteiger partial charge in [-0.15, -0.1) is 0 Å². The SMILES string of the molecule is NC(CO)(CO)CO.[Ru].c1ccc(-c2ccccn2)nc1. The second-order valence-corrected chi connectivity index (χ2v) is 4.27. The number of aromatic nitrogens is 2. The molecule has 7 heteroatoms. The molecule has 0 aliphatic carbocycles. The van der Waals surface area contributed by atoms with E-state index in [-0.39, 0.29) is 19.5 Å². The number of hydrogen-bond acceptors (Lipinski definition) is 6. The number of pyridine rings is 2. The van der Waals surface area contributed by atoms with E-state index >= 15 is 0 Å². The normalized spacial score (nSPS) is 10.1. The van der Waals surface area contributed by atoms with E-state index in [1.54, 1.807) is 12.4 Å². The molecule has 0 radical (unpaired) electrons. The van der Waals surface area contributed by atoms with E-state index in [1.807, 2.05) is 36.4 Å². The second kappa shape index (κ2) is 10.5. The predicted molar refractivity (Wildman–Crippen MR) is 75.6 cm³/mol. The molecule has 0 atom stereocenters. The van der Waals surface area contributed by atoms with Gasteiger partial charge in [-0.05, 0) is 24.3 Å². The van der Waals surface area contributed by atoms with Crippen LogP contribution in [0.1, 0.15) is 0 Å². The Hall–Kier alpha value is -1.24. The monoisotopic (exact) mass is 379 g/mol. The zero-order valence-electron chi connectivity index (χ0n) is 11.4. The molecule has 2 rings (SSSR count). The van der Waals surface area contributed by atoms with Gasteiger partial charge in [0, 0.05) is 31.9 Å². The van der Waals surface area contributed by atoms with Gasteiger partial charge in [0.25, 0.3) is 0 Å². The van der Waals surface area contributed by atoms with E-state index in [1.165, 1.54) is 0 Å². The van der Waals surface area contributed by atoms with Gasteiger partial charge in [-0.3, -0.25) is 9.97 Å². The van der Waals surface area contributed by atoms with Crippen molar-refractivity contribution in [1.29, 1.82) is 0 Å². The Morgan fingerprint density at radius 3 is 1.38 bits per heavy atom. The Bertz CT molecular complexity index is 436. The van der Waals surface area contributed by atoms with E-state index in [2.05, 4.69) is 9.97 Å². The third-order valence-electron chi connectivity index (χ3n) is 2.54. The van der Waals surface area contributed by atoms with Crippen molar-refractivity contribution in [3.63, 3.8) is 0 Å². The number of rotatable bonds is 4. The molecule has 2 heterocycles. The van der Waals surface area contributed by atoms with Crippen LogP contribution in [0.4, 0.5) is 0 Å². The molecular formula is C14H19N3O3Ru. The standard InChI is InChI=1S/C10H8N2.C4H11NO3.Ru/c1-3-7-11-9(5-1)10-6-2-4-8-12-10;5-4(1-6,2-7)3-8;/h1-8H;6-8H,1-3,5H2;. The van der Waals surface area contributed by atoms with E-state index in [0.29, 0.717) is 0 Å². The average Bonchev–Trinajstić information content (AvgIpc) is 2.56. The summed E-state index contributed by atoms with van der Waals surface area (Å²) < 4.78 is 0. The molecule has 0 bridgehead atoms. The summed E-state index contributed by atoms with van der Waals surface area (Å²) in [6.07, 6.45) is 3.54. The number of nitrogens with two attached hydrogens (primary N) is 1. The van der Waals surface area contributed by atoms with Crippen molar-refractivity contribution >= 4 is 0 Å². The molecule has 0 aliphatic heterocycles. The van der Waals surface area contributed by atoms with Crippen LogP contribution >= 0.6 is 0 Å². The zero-order chi connectivity index (χ0) is 14.8. The third kappa shape index (κ3) is 6.84. The largest absolute Gasteiger partial charge is 0.394 e. The van der Waals surface area contributed by atoms with Crippen LogP contribution in [0.15, 0.2) is 48.8 Å². The Kier molecular flexibility index (Phi) is 9.87. The first-order valence-electron chi connectivity index (χ1n) is 6.09. The number of hydrogen-bond donors (Lipinski definition) is 4. The predicted octanol–water partition coefficient (Wildman–Crippen LogP) is -0.198. The molecule has 2 aromatic heterocycles. The fourth-order valence-corrected chi connectivity index (χ4v) is 1.18. The first kappa shape index (κ1) is 19.8. The molecule has 116 valence electrons. The molecule has 21 heavy (non-hydrogen) atoms. The van der Waals surface area contributed by atoms with E-state index in [9.17, 15) is 0 Å². The minimum Gasteiger partial charge on any atom is -0.394 e. The van der Waals surface area contributed by atoms with Gasteiger partial charge in [-0.25, -0.2) is 0 Å². The molecule has 0 saturated heterocycles. The average molecular weight is 378 g/mol. The maximum Gasteiger partial charge on any atom is 0.0886 e. The smallest absolute Gasteiger partial charge is 0.0886 e. The van der Waals surface area contributed by atoms with Gasteiger partial charge in [0.15, 0.2) is 0 Å². The van der Waals surface area contributed by atoms with Crippen molar-refractivity contribution in [2.24, 2.45) is 5.73 Å². The van der Waals surface area contributed by atoms with Crippen LogP contribution in [0.25, 0.3) is 11.4 Å². The molecule has 6 nitrogen and oxygen atoms in total. The van der Waals surface area contributed by atoms with E-state index in [0.717, 1.165) is 11.4 Å². The van der Waals surface area contributed by atoms with Crippen LogP contribution < -0.4 is 5.73 Å². The summed E-state index contributed by atoms with van der Waals surface area (Å²) in [6, 6.07) is 11.6. The Balaban J connectivity index is 0.000000397. The van der Waals surface area contributed by atoms with Crippen molar-refractivity contribution in [3.05, 3.63) is 48.8 Å². The Labute approximate surface area is 136 Å². The molecule has 0 fully saturated rings. The molecule has 0 unspecified atom stereocenters. The number of nitrogens with zero attached hydrogens (tertiary/aromatic N) is 2. The summed E-state index contributed by atoms with van der Waals surface area (Å²) in [5.41, 5.74) is 5.77.